The maximum Gasteiger partial charge on any atom is 0.242 e. The van der Waals surface area contributed by atoms with Crippen LogP contribution in [0.2, 0.25) is 0 Å². The highest BCUT2D eigenvalue weighted by atomic mass is 35.5. The number of likely N-dealkylation sites (tertiary alicyclic amines) is 1. The number of halogens is 1. The van der Waals surface area contributed by atoms with Gasteiger partial charge in [-0.1, -0.05) is 0 Å². The van der Waals surface area contributed by atoms with Crippen LogP contribution < -0.4 is 11.5 Å². The zero-order chi connectivity index (χ0) is 23.9. The van der Waals surface area contributed by atoms with Crippen molar-refractivity contribution in [1.82, 2.24) is 19.8 Å². The van der Waals surface area contributed by atoms with Crippen LogP contribution in [-0.2, 0) is 9.53 Å². The monoisotopic (exact) mass is 502 g/mol. The summed E-state index contributed by atoms with van der Waals surface area (Å²) in [5.74, 6) is -0.119. The molecule has 2 fully saturated rings. The number of amidine groups is 1. The van der Waals surface area contributed by atoms with Crippen LogP contribution >= 0.6 is 12.4 Å². The molecule has 35 heavy (non-hydrogen) atoms. The maximum absolute atomic E-state index is 12.8. The summed E-state index contributed by atoms with van der Waals surface area (Å²) in [6, 6.07) is 0. The summed E-state index contributed by atoms with van der Waals surface area (Å²) in [5.41, 5.74) is 13.1. The number of nitrogens with two attached hydrogens (primary N) is 2. The van der Waals surface area contributed by atoms with Crippen molar-refractivity contribution in [2.45, 2.75) is 38.0 Å². The van der Waals surface area contributed by atoms with Crippen LogP contribution in [0.3, 0.4) is 0 Å². The van der Waals surface area contributed by atoms with Crippen LogP contribution in [0.25, 0.3) is 0 Å². The van der Waals surface area contributed by atoms with Gasteiger partial charge in [-0.15, -0.1) is 17.5 Å². The van der Waals surface area contributed by atoms with Crippen LogP contribution in [0.15, 0.2) is 44.4 Å². The third-order valence-electron chi connectivity index (χ3n) is 6.68. The van der Waals surface area contributed by atoms with E-state index in [0.717, 1.165) is 24.0 Å². The first kappa shape index (κ1) is 25.3. The van der Waals surface area contributed by atoms with E-state index in [4.69, 9.17) is 26.2 Å². The molecule has 13 heteroatoms. The van der Waals surface area contributed by atoms with Crippen LogP contribution in [0, 0.1) is 5.92 Å². The fourth-order valence-electron chi connectivity index (χ4n) is 4.94. The predicted molar refractivity (Wildman–Crippen MR) is 133 cm³/mol. The number of azo groups is 1. The summed E-state index contributed by atoms with van der Waals surface area (Å²) in [7, 11) is 0. The van der Waals surface area contributed by atoms with Crippen molar-refractivity contribution in [3.8, 4) is 0 Å². The number of amides is 1. The highest BCUT2D eigenvalue weighted by molar-refractivity contribution is 6.31. The molecule has 0 radical (unpaired) electrons. The van der Waals surface area contributed by atoms with Crippen LogP contribution in [0.4, 0.5) is 5.95 Å². The number of nitrogen functional groups attached to an aromatic ring is 1. The zero-order valence-corrected chi connectivity index (χ0v) is 20.7. The van der Waals surface area contributed by atoms with Gasteiger partial charge in [-0.2, -0.15) is 5.11 Å². The van der Waals surface area contributed by atoms with Crippen molar-refractivity contribution < 1.29 is 9.53 Å². The van der Waals surface area contributed by atoms with Gasteiger partial charge in [0.15, 0.2) is 5.84 Å². The van der Waals surface area contributed by atoms with Crippen molar-refractivity contribution in [3.05, 3.63) is 29.7 Å². The molecule has 0 saturated carbocycles. The molecule has 0 aromatic carbocycles. The molecule has 5 heterocycles. The molecule has 1 aromatic heterocycles. The Bertz CT molecular complexity index is 1080. The van der Waals surface area contributed by atoms with E-state index in [0.29, 0.717) is 50.9 Å². The summed E-state index contributed by atoms with van der Waals surface area (Å²) >= 11 is 0. The van der Waals surface area contributed by atoms with Crippen molar-refractivity contribution >= 4 is 35.8 Å². The van der Waals surface area contributed by atoms with Crippen LogP contribution in [-0.4, -0.2) is 87.9 Å². The summed E-state index contributed by atoms with van der Waals surface area (Å²) < 4.78 is 5.63. The molecule has 5 rings (SSSR count). The van der Waals surface area contributed by atoms with Crippen molar-refractivity contribution in [2.24, 2.45) is 31.9 Å². The molecule has 0 bridgehead atoms. The number of piperidine rings is 1. The molecule has 4 aliphatic rings. The number of aliphatic imine (C=N–C) groups is 2. The Hall–Kier alpha value is -2.80. The summed E-state index contributed by atoms with van der Waals surface area (Å²) in [5, 5.41) is 8.42. The smallest absolute Gasteiger partial charge is 0.242 e. The van der Waals surface area contributed by atoms with E-state index in [-0.39, 0.29) is 30.2 Å². The van der Waals surface area contributed by atoms with Crippen molar-refractivity contribution in [1.29, 1.82) is 0 Å². The number of hydrogen-bond acceptors (Lipinski definition) is 11. The summed E-state index contributed by atoms with van der Waals surface area (Å²) in [6.45, 7) is 7.27. The molecule has 2 saturated heterocycles. The second-order valence-corrected chi connectivity index (χ2v) is 9.56. The number of rotatable bonds is 4. The maximum atomic E-state index is 12.8. The fourth-order valence-corrected chi connectivity index (χ4v) is 4.94. The number of aromatic nitrogens is 2. The largest absolute Gasteiger partial charge is 0.379 e. The second kappa shape index (κ2) is 9.69. The van der Waals surface area contributed by atoms with E-state index in [1.54, 1.807) is 32.4 Å². The lowest BCUT2D eigenvalue weighted by molar-refractivity contribution is -0.138. The van der Waals surface area contributed by atoms with E-state index in [9.17, 15) is 4.79 Å². The van der Waals surface area contributed by atoms with E-state index in [2.05, 4.69) is 25.1 Å². The zero-order valence-electron chi connectivity index (χ0n) is 19.9. The first-order valence-electron chi connectivity index (χ1n) is 11.6. The molecule has 1 atom stereocenters. The molecule has 0 aliphatic carbocycles. The van der Waals surface area contributed by atoms with Gasteiger partial charge in [0, 0.05) is 50.1 Å². The van der Waals surface area contributed by atoms with Crippen molar-refractivity contribution in [3.63, 3.8) is 0 Å². The normalized spacial score (nSPS) is 25.3. The average molecular weight is 503 g/mol. The molecule has 1 amide bonds. The molecular weight excluding hydrogens is 472 g/mol. The lowest BCUT2D eigenvalue weighted by atomic mass is 9.86. The number of ether oxygens (including phenoxy) is 1. The number of morpholine rings is 1. The van der Waals surface area contributed by atoms with Gasteiger partial charge >= 0.3 is 0 Å². The highest BCUT2D eigenvalue weighted by Gasteiger charge is 2.50. The van der Waals surface area contributed by atoms with Gasteiger partial charge < -0.3 is 21.1 Å². The number of anilines is 1. The highest BCUT2D eigenvalue weighted by Crippen LogP contribution is 2.41. The number of carbonyl (C=O) groups is 1. The minimum Gasteiger partial charge on any atom is -0.379 e. The first-order valence-corrected chi connectivity index (χ1v) is 11.6. The van der Waals surface area contributed by atoms with Gasteiger partial charge in [0.1, 0.15) is 0 Å². The number of nitrogens with zero attached hydrogens (tertiary/aromatic N) is 8. The molecule has 1 unspecified atom stereocenters. The van der Waals surface area contributed by atoms with Gasteiger partial charge in [0.2, 0.25) is 17.6 Å². The molecular formula is C22H31ClN10O2. The Morgan fingerprint density at radius 3 is 2.40 bits per heavy atom. The topological polar surface area (TPSA) is 160 Å². The Kier molecular flexibility index (Phi) is 7.00. The van der Waals surface area contributed by atoms with E-state index in [1.807, 2.05) is 4.90 Å². The van der Waals surface area contributed by atoms with Crippen molar-refractivity contribution in [2.75, 3.05) is 45.1 Å². The Labute approximate surface area is 210 Å². The number of carbonyl (C=O) groups excluding carboxylic acids is 1. The van der Waals surface area contributed by atoms with Gasteiger partial charge in [-0.05, 0) is 26.7 Å². The number of fused-ring (bicyclic) bond motifs is 1. The fraction of sp³-hybridized carbons (Fsp3) is 0.591. The standard InChI is InChI=1S/C22H30N10O2.ClH/c1-21(2,24)19(33)31-5-3-15(4-6-31)22(32-7-9-34-10-8-32)28-17(14-11-25-20(23)26-12-14)16-13-27-30-18(16)29-22;/h11-13,15H,3-10,24H2,1-2H3,(H2,23,25,26);1H. The molecule has 4 N–H and O–H groups in total. The second-order valence-electron chi connectivity index (χ2n) is 9.56. The van der Waals surface area contributed by atoms with Gasteiger partial charge in [0.25, 0.3) is 0 Å². The molecule has 188 valence electrons. The molecule has 0 spiro atoms. The third-order valence-corrected chi connectivity index (χ3v) is 6.68. The van der Waals surface area contributed by atoms with E-state index < -0.39 is 11.3 Å². The number of hydrogen-bond donors (Lipinski definition) is 2. The summed E-state index contributed by atoms with van der Waals surface area (Å²) in [6.07, 6.45) is 6.47. The predicted octanol–water partition coefficient (Wildman–Crippen LogP) is 0.993. The minimum atomic E-state index is -0.899. The average Bonchev–Trinajstić information content (AvgIpc) is 3.32. The Morgan fingerprint density at radius 2 is 1.77 bits per heavy atom. The van der Waals surface area contributed by atoms with E-state index in [1.165, 1.54) is 0 Å². The van der Waals surface area contributed by atoms with Crippen LogP contribution in [0.5, 0.6) is 0 Å². The van der Waals surface area contributed by atoms with Gasteiger partial charge in [-0.3, -0.25) is 9.69 Å². The molecule has 4 aliphatic heterocycles. The Balaban J connectivity index is 0.00000289. The molecule has 1 aromatic rings. The van der Waals surface area contributed by atoms with Crippen LogP contribution in [0.1, 0.15) is 32.3 Å². The lowest BCUT2D eigenvalue weighted by Gasteiger charge is -2.48. The first-order chi connectivity index (χ1) is 16.3. The summed E-state index contributed by atoms with van der Waals surface area (Å²) in [4.78, 5) is 35.6. The quantitative estimate of drug-likeness (QED) is 0.620. The lowest BCUT2D eigenvalue weighted by Crippen LogP contribution is -2.60. The van der Waals surface area contributed by atoms with Gasteiger partial charge in [-0.25, -0.2) is 20.0 Å². The van der Waals surface area contributed by atoms with Gasteiger partial charge in [0.05, 0.1) is 36.2 Å². The molecule has 12 nitrogen and oxygen atoms in total. The SMILES string of the molecule is CC(C)(N)C(=O)N1CCC(C2(N3CCOCC3)N=C3N=NC=C3C(c3cnc(N)nc3)=N2)CC1.Cl. The third kappa shape index (κ3) is 4.70. The minimum absolute atomic E-state index is 0. The van der Waals surface area contributed by atoms with E-state index >= 15 is 0 Å². The Morgan fingerprint density at radius 1 is 1.11 bits per heavy atom.